The molecule has 1 amide bonds. The van der Waals surface area contributed by atoms with Gasteiger partial charge in [-0.25, -0.2) is 4.79 Å². The second kappa shape index (κ2) is 7.68. The zero-order valence-corrected chi connectivity index (χ0v) is 15.1. The lowest BCUT2D eigenvalue weighted by Crippen LogP contribution is -2.52. The number of aryl methyl sites for hydroxylation is 2. The molecule has 0 spiro atoms. The van der Waals surface area contributed by atoms with E-state index in [0.29, 0.717) is 11.6 Å². The predicted molar refractivity (Wildman–Crippen MR) is 95.3 cm³/mol. The molecule has 0 bridgehead atoms. The topological polar surface area (TPSA) is 88.3 Å². The minimum absolute atomic E-state index is 0.127. The quantitative estimate of drug-likeness (QED) is 0.856. The van der Waals surface area contributed by atoms with Gasteiger partial charge in [-0.05, 0) is 31.7 Å². The van der Waals surface area contributed by atoms with Gasteiger partial charge in [0.05, 0.1) is 13.1 Å². The molecular weight excluding hydrogens is 332 g/mol. The van der Waals surface area contributed by atoms with Gasteiger partial charge in [0.1, 0.15) is 11.9 Å². The smallest absolute Gasteiger partial charge is 0.328 e. The molecule has 0 radical (unpaired) electrons. The molecule has 0 fully saturated rings. The van der Waals surface area contributed by atoms with Gasteiger partial charge >= 0.3 is 5.97 Å². The van der Waals surface area contributed by atoms with Crippen LogP contribution in [0.1, 0.15) is 37.0 Å². The highest BCUT2D eigenvalue weighted by atomic mass is 16.4. The van der Waals surface area contributed by atoms with E-state index >= 15 is 0 Å². The summed E-state index contributed by atoms with van der Waals surface area (Å²) in [5.41, 5.74) is 1.25. The molecule has 2 heterocycles. The maximum Gasteiger partial charge on any atom is 0.328 e. The van der Waals surface area contributed by atoms with Crippen LogP contribution in [0.15, 0.2) is 30.3 Å². The van der Waals surface area contributed by atoms with E-state index in [0.717, 1.165) is 19.3 Å². The summed E-state index contributed by atoms with van der Waals surface area (Å²) in [6.07, 6.45) is 2.52. The predicted octanol–water partition coefficient (Wildman–Crippen LogP) is 2.04. The second-order valence-electron chi connectivity index (χ2n) is 6.87. The van der Waals surface area contributed by atoms with E-state index in [1.807, 2.05) is 25.1 Å². The average molecular weight is 356 g/mol. The Morgan fingerprint density at radius 2 is 2.00 bits per heavy atom. The largest absolute Gasteiger partial charge is 0.480 e. The van der Waals surface area contributed by atoms with Gasteiger partial charge in [-0.3, -0.25) is 4.79 Å². The maximum absolute atomic E-state index is 12.9. The lowest BCUT2D eigenvalue weighted by molar-refractivity contribution is -0.154. The van der Waals surface area contributed by atoms with Gasteiger partial charge in [-0.15, -0.1) is 10.2 Å². The monoisotopic (exact) mass is 356 g/mol. The molecule has 2 atom stereocenters. The number of carbonyl (C=O) groups is 2. The van der Waals surface area contributed by atoms with Crippen LogP contribution in [0.2, 0.25) is 0 Å². The molecule has 3 rings (SSSR count). The molecule has 138 valence electrons. The molecule has 0 saturated heterocycles. The highest BCUT2D eigenvalue weighted by Gasteiger charge is 2.37. The van der Waals surface area contributed by atoms with Crippen LogP contribution in [0.3, 0.4) is 0 Å². The van der Waals surface area contributed by atoms with Gasteiger partial charge in [0, 0.05) is 5.92 Å². The normalized spacial score (nSPS) is 17.6. The van der Waals surface area contributed by atoms with Crippen molar-refractivity contribution in [2.75, 3.05) is 0 Å². The minimum Gasteiger partial charge on any atom is -0.480 e. The van der Waals surface area contributed by atoms with E-state index < -0.39 is 12.0 Å². The summed E-state index contributed by atoms with van der Waals surface area (Å²) in [5, 5.41) is 17.6. The van der Waals surface area contributed by atoms with Crippen LogP contribution in [0.25, 0.3) is 0 Å². The SMILES string of the molecule is Cc1nnc2n1CC(C(=O)O)N(C(=O)C(C)CCCc1ccccc1)C2. The number of nitrogens with zero attached hydrogens (tertiary/aromatic N) is 4. The number of aliphatic carboxylic acids is 1. The molecule has 0 aliphatic carbocycles. The Kier molecular flexibility index (Phi) is 5.35. The van der Waals surface area contributed by atoms with E-state index in [1.165, 1.54) is 10.5 Å². The first-order valence-electron chi connectivity index (χ1n) is 8.93. The Balaban J connectivity index is 1.64. The highest BCUT2D eigenvalue weighted by Crippen LogP contribution is 2.22. The fourth-order valence-corrected chi connectivity index (χ4v) is 3.42. The first kappa shape index (κ1) is 18.1. The van der Waals surface area contributed by atoms with Crippen LogP contribution in [0, 0.1) is 12.8 Å². The number of hydrogen-bond donors (Lipinski definition) is 1. The summed E-state index contributed by atoms with van der Waals surface area (Å²) in [4.78, 5) is 26.0. The Hall–Kier alpha value is -2.70. The Labute approximate surface area is 152 Å². The van der Waals surface area contributed by atoms with Crippen LogP contribution in [-0.2, 0) is 29.1 Å². The standard InChI is InChI=1S/C19H24N4O3/c1-13(7-6-10-15-8-4-3-5-9-15)18(24)23-12-17-21-20-14(2)22(17)11-16(23)19(25)26/h3-5,8-9,13,16H,6-7,10-12H2,1-2H3,(H,25,26). The molecular formula is C19H24N4O3. The van der Waals surface area contributed by atoms with Crippen LogP contribution in [-0.4, -0.2) is 42.7 Å². The molecule has 0 saturated carbocycles. The maximum atomic E-state index is 12.9. The summed E-state index contributed by atoms with van der Waals surface area (Å²) in [6.45, 7) is 4.06. The van der Waals surface area contributed by atoms with Crippen molar-refractivity contribution in [3.8, 4) is 0 Å². The summed E-state index contributed by atoms with van der Waals surface area (Å²) in [7, 11) is 0. The molecule has 2 aromatic rings. The third-order valence-corrected chi connectivity index (χ3v) is 4.99. The number of carbonyl (C=O) groups excluding carboxylic acids is 1. The van der Waals surface area contributed by atoms with Gasteiger partial charge in [-0.1, -0.05) is 37.3 Å². The van der Waals surface area contributed by atoms with E-state index in [4.69, 9.17) is 0 Å². The first-order valence-corrected chi connectivity index (χ1v) is 8.93. The molecule has 1 aliphatic rings. The average Bonchev–Trinajstić information content (AvgIpc) is 3.01. The molecule has 26 heavy (non-hydrogen) atoms. The number of amides is 1. The summed E-state index contributed by atoms with van der Waals surface area (Å²) in [5.74, 6) is -0.0267. The van der Waals surface area contributed by atoms with Crippen molar-refractivity contribution < 1.29 is 14.7 Å². The zero-order chi connectivity index (χ0) is 18.7. The van der Waals surface area contributed by atoms with Gasteiger partial charge in [0.15, 0.2) is 5.82 Å². The third-order valence-electron chi connectivity index (χ3n) is 4.99. The molecule has 1 aliphatic heterocycles. The highest BCUT2D eigenvalue weighted by molar-refractivity contribution is 5.85. The molecule has 1 N–H and O–H groups in total. The third kappa shape index (κ3) is 3.76. The van der Waals surface area contributed by atoms with Crippen molar-refractivity contribution in [1.29, 1.82) is 0 Å². The Morgan fingerprint density at radius 1 is 1.27 bits per heavy atom. The molecule has 1 aromatic carbocycles. The van der Waals surface area contributed by atoms with E-state index in [1.54, 1.807) is 11.5 Å². The van der Waals surface area contributed by atoms with Crippen LogP contribution < -0.4 is 0 Å². The molecule has 7 heteroatoms. The Bertz CT molecular complexity index is 787. The van der Waals surface area contributed by atoms with Gasteiger partial charge in [-0.2, -0.15) is 0 Å². The fourth-order valence-electron chi connectivity index (χ4n) is 3.42. The first-order chi connectivity index (χ1) is 12.5. The van der Waals surface area contributed by atoms with E-state index in [9.17, 15) is 14.7 Å². The summed E-state index contributed by atoms with van der Waals surface area (Å²) >= 11 is 0. The number of benzene rings is 1. The Morgan fingerprint density at radius 3 is 2.69 bits per heavy atom. The molecule has 1 aromatic heterocycles. The van der Waals surface area contributed by atoms with Crippen molar-refractivity contribution >= 4 is 11.9 Å². The lowest BCUT2D eigenvalue weighted by Gasteiger charge is -2.35. The lowest BCUT2D eigenvalue weighted by atomic mass is 9.98. The van der Waals surface area contributed by atoms with Crippen molar-refractivity contribution in [2.24, 2.45) is 5.92 Å². The number of carboxylic acid groups (broad SMARTS) is 1. The number of rotatable bonds is 6. The molecule has 7 nitrogen and oxygen atoms in total. The van der Waals surface area contributed by atoms with Gasteiger partial charge < -0.3 is 14.6 Å². The number of hydrogen-bond acceptors (Lipinski definition) is 4. The summed E-state index contributed by atoms with van der Waals surface area (Å²) in [6, 6.07) is 9.28. The number of aromatic nitrogens is 3. The fraction of sp³-hybridized carbons (Fsp3) is 0.474. The van der Waals surface area contributed by atoms with Crippen molar-refractivity contribution in [3.63, 3.8) is 0 Å². The number of carboxylic acids is 1. The van der Waals surface area contributed by atoms with Gasteiger partial charge in [0.2, 0.25) is 5.91 Å². The van der Waals surface area contributed by atoms with E-state index in [-0.39, 0.29) is 24.9 Å². The number of fused-ring (bicyclic) bond motifs is 1. The van der Waals surface area contributed by atoms with Crippen molar-refractivity contribution in [2.45, 2.75) is 52.2 Å². The molecule has 2 unspecified atom stereocenters. The van der Waals surface area contributed by atoms with Crippen molar-refractivity contribution in [3.05, 3.63) is 47.5 Å². The van der Waals surface area contributed by atoms with Gasteiger partial charge in [0.25, 0.3) is 0 Å². The van der Waals surface area contributed by atoms with Crippen LogP contribution >= 0.6 is 0 Å². The van der Waals surface area contributed by atoms with E-state index in [2.05, 4.69) is 22.3 Å². The summed E-state index contributed by atoms with van der Waals surface area (Å²) < 4.78 is 1.78. The second-order valence-corrected chi connectivity index (χ2v) is 6.87. The van der Waals surface area contributed by atoms with Crippen LogP contribution in [0.4, 0.5) is 0 Å². The zero-order valence-electron chi connectivity index (χ0n) is 15.1. The van der Waals surface area contributed by atoms with Crippen molar-refractivity contribution in [1.82, 2.24) is 19.7 Å². The minimum atomic E-state index is -0.992. The van der Waals surface area contributed by atoms with Crippen LogP contribution in [0.5, 0.6) is 0 Å².